The van der Waals surface area contributed by atoms with Crippen molar-refractivity contribution in [3.05, 3.63) is 46.7 Å². The molecule has 3 nitrogen and oxygen atoms in total. The molecule has 1 fully saturated rings. The molecule has 1 amide bonds. The molecule has 2 aliphatic rings. The van der Waals surface area contributed by atoms with E-state index in [0.29, 0.717) is 13.0 Å². The number of amides is 1. The summed E-state index contributed by atoms with van der Waals surface area (Å²) < 4.78 is 0. The Kier molecular flexibility index (Phi) is 2.89. The van der Waals surface area contributed by atoms with Crippen molar-refractivity contribution in [1.82, 2.24) is 4.90 Å². The minimum Gasteiger partial charge on any atom is -0.294 e. The van der Waals surface area contributed by atoms with Crippen LogP contribution in [0.4, 0.5) is 5.69 Å². The largest absolute Gasteiger partial charge is 0.294 e. The number of thioether (sulfide) groups is 1. The highest BCUT2D eigenvalue weighted by molar-refractivity contribution is 8.01. The van der Waals surface area contributed by atoms with Crippen molar-refractivity contribution in [3.63, 3.8) is 0 Å². The van der Waals surface area contributed by atoms with Crippen LogP contribution in [0, 0.1) is 0 Å². The Hall–Kier alpha value is -1.59. The number of hydrogen-bond donors (Lipinski definition) is 0. The summed E-state index contributed by atoms with van der Waals surface area (Å²) in [6.45, 7) is 0.647. The van der Waals surface area contributed by atoms with Crippen LogP contribution in [0.3, 0.4) is 0 Å². The molecule has 1 aromatic carbocycles. The van der Waals surface area contributed by atoms with Crippen molar-refractivity contribution in [2.24, 2.45) is 4.99 Å². The Labute approximate surface area is 125 Å². The zero-order valence-corrected chi connectivity index (χ0v) is 12.3. The zero-order valence-electron chi connectivity index (χ0n) is 10.7. The number of amidine groups is 1. The Morgan fingerprint density at radius 3 is 3.00 bits per heavy atom. The molecule has 2 aromatic rings. The van der Waals surface area contributed by atoms with Crippen molar-refractivity contribution in [1.29, 1.82) is 0 Å². The van der Waals surface area contributed by atoms with Gasteiger partial charge in [-0.1, -0.05) is 18.2 Å². The molecule has 0 unspecified atom stereocenters. The summed E-state index contributed by atoms with van der Waals surface area (Å²) in [7, 11) is 0. The predicted octanol–water partition coefficient (Wildman–Crippen LogP) is 3.68. The van der Waals surface area contributed by atoms with E-state index in [-0.39, 0.29) is 11.2 Å². The van der Waals surface area contributed by atoms with Crippen molar-refractivity contribution in [3.8, 4) is 0 Å². The Morgan fingerprint density at radius 1 is 1.25 bits per heavy atom. The number of likely N-dealkylation sites (tertiary alicyclic amines) is 1. The maximum atomic E-state index is 12.3. The monoisotopic (exact) mass is 300 g/mol. The third kappa shape index (κ3) is 1.98. The number of aliphatic imine (C=N–C) groups is 1. The molecular formula is C15H12N2OS2. The lowest BCUT2D eigenvalue weighted by atomic mass is 10.3. The van der Waals surface area contributed by atoms with E-state index in [1.165, 1.54) is 9.77 Å². The second kappa shape index (κ2) is 4.75. The van der Waals surface area contributed by atoms with Crippen molar-refractivity contribution in [2.45, 2.75) is 23.1 Å². The zero-order chi connectivity index (χ0) is 13.5. The van der Waals surface area contributed by atoms with E-state index < -0.39 is 0 Å². The van der Waals surface area contributed by atoms with Gasteiger partial charge in [0, 0.05) is 16.2 Å². The first-order valence-corrected chi connectivity index (χ1v) is 8.24. The molecule has 0 spiro atoms. The highest BCUT2D eigenvalue weighted by Crippen LogP contribution is 2.42. The minimum absolute atomic E-state index is 0.178. The van der Waals surface area contributed by atoms with Gasteiger partial charge < -0.3 is 0 Å². The predicted molar refractivity (Wildman–Crippen MR) is 82.7 cm³/mol. The van der Waals surface area contributed by atoms with Gasteiger partial charge in [-0.15, -0.1) is 23.1 Å². The van der Waals surface area contributed by atoms with Crippen molar-refractivity contribution < 1.29 is 4.79 Å². The first kappa shape index (κ1) is 12.2. The fraction of sp³-hybridized carbons (Fsp3) is 0.200. The van der Waals surface area contributed by atoms with Gasteiger partial charge in [-0.05, 0) is 23.6 Å². The number of para-hydroxylation sites is 1. The second-order valence-electron chi connectivity index (χ2n) is 4.81. The first-order chi connectivity index (χ1) is 9.81. The lowest BCUT2D eigenvalue weighted by molar-refractivity contribution is -0.125. The minimum atomic E-state index is 0.178. The maximum Gasteiger partial charge on any atom is 0.229 e. The summed E-state index contributed by atoms with van der Waals surface area (Å²) in [5.41, 5.74) is 0.981. The summed E-state index contributed by atoms with van der Waals surface area (Å²) in [6.07, 6.45) is 0.559. The number of carbonyl (C=O) groups is 1. The first-order valence-electron chi connectivity index (χ1n) is 6.48. The molecule has 0 N–H and O–H groups in total. The SMILES string of the molecule is O=C1C[C@@H]2Sc3ccccc3N=C2N1Cc1cccs1. The van der Waals surface area contributed by atoms with Crippen LogP contribution in [0.15, 0.2) is 51.7 Å². The quantitative estimate of drug-likeness (QED) is 0.847. The number of fused-ring (bicyclic) bond motifs is 2. The van der Waals surface area contributed by atoms with Crippen LogP contribution in [0.2, 0.25) is 0 Å². The van der Waals surface area contributed by atoms with Crippen LogP contribution >= 0.6 is 23.1 Å². The molecule has 0 aliphatic carbocycles. The number of nitrogens with zero attached hydrogens (tertiary/aromatic N) is 2. The fourth-order valence-electron chi connectivity index (χ4n) is 2.54. The van der Waals surface area contributed by atoms with E-state index in [1.54, 1.807) is 23.1 Å². The van der Waals surface area contributed by atoms with Crippen LogP contribution in [0.1, 0.15) is 11.3 Å². The molecule has 2 aliphatic heterocycles. The average Bonchev–Trinajstić information content (AvgIpc) is 3.06. The number of thiophene rings is 1. The van der Waals surface area contributed by atoms with Gasteiger partial charge in [0.1, 0.15) is 5.84 Å². The van der Waals surface area contributed by atoms with E-state index in [9.17, 15) is 4.79 Å². The van der Waals surface area contributed by atoms with Gasteiger partial charge in [0.05, 0.1) is 17.5 Å². The van der Waals surface area contributed by atoms with Gasteiger partial charge in [0.25, 0.3) is 0 Å². The van der Waals surface area contributed by atoms with Gasteiger partial charge in [-0.25, -0.2) is 4.99 Å². The standard InChI is InChI=1S/C15H12N2OS2/c18-14-8-13-15(17(14)9-10-4-3-7-19-10)16-11-5-1-2-6-12(11)20-13/h1-7,13H,8-9H2/t13-/m0/s1. The molecule has 1 atom stereocenters. The van der Waals surface area contributed by atoms with Crippen LogP contribution in [0.5, 0.6) is 0 Å². The van der Waals surface area contributed by atoms with E-state index >= 15 is 0 Å². The van der Waals surface area contributed by atoms with Gasteiger partial charge in [0.2, 0.25) is 5.91 Å². The normalized spacial score (nSPS) is 20.6. The molecule has 100 valence electrons. The van der Waals surface area contributed by atoms with Gasteiger partial charge in [0.15, 0.2) is 0 Å². The van der Waals surface area contributed by atoms with Gasteiger partial charge in [-0.2, -0.15) is 0 Å². The number of benzene rings is 1. The number of hydrogen-bond acceptors (Lipinski definition) is 4. The maximum absolute atomic E-state index is 12.3. The molecule has 0 radical (unpaired) electrons. The second-order valence-corrected chi connectivity index (χ2v) is 7.08. The van der Waals surface area contributed by atoms with Crippen molar-refractivity contribution >= 4 is 40.5 Å². The van der Waals surface area contributed by atoms with Crippen molar-refractivity contribution in [2.75, 3.05) is 0 Å². The van der Waals surface area contributed by atoms with E-state index in [4.69, 9.17) is 4.99 Å². The van der Waals surface area contributed by atoms with Crippen LogP contribution in [-0.4, -0.2) is 21.9 Å². The molecular weight excluding hydrogens is 288 g/mol. The lowest BCUT2D eigenvalue weighted by Crippen LogP contribution is -2.31. The molecule has 1 aromatic heterocycles. The third-order valence-electron chi connectivity index (χ3n) is 3.49. The highest BCUT2D eigenvalue weighted by Gasteiger charge is 2.39. The fourth-order valence-corrected chi connectivity index (χ4v) is 4.44. The Morgan fingerprint density at radius 2 is 2.15 bits per heavy atom. The molecule has 4 rings (SSSR count). The smallest absolute Gasteiger partial charge is 0.229 e. The lowest BCUT2D eigenvalue weighted by Gasteiger charge is -2.22. The number of carbonyl (C=O) groups excluding carboxylic acids is 1. The third-order valence-corrected chi connectivity index (χ3v) is 5.61. The molecule has 0 bridgehead atoms. The van der Waals surface area contributed by atoms with Gasteiger partial charge in [-0.3, -0.25) is 9.69 Å². The van der Waals surface area contributed by atoms with E-state index in [2.05, 4.69) is 12.1 Å². The van der Waals surface area contributed by atoms with E-state index in [1.807, 2.05) is 34.5 Å². The summed E-state index contributed by atoms with van der Waals surface area (Å²) in [5.74, 6) is 1.11. The summed E-state index contributed by atoms with van der Waals surface area (Å²) in [4.78, 5) is 21.2. The van der Waals surface area contributed by atoms with Gasteiger partial charge >= 0.3 is 0 Å². The topological polar surface area (TPSA) is 32.7 Å². The van der Waals surface area contributed by atoms with Crippen LogP contribution in [-0.2, 0) is 11.3 Å². The summed E-state index contributed by atoms with van der Waals surface area (Å²) in [5, 5.41) is 2.22. The molecule has 0 saturated carbocycles. The molecule has 5 heteroatoms. The Balaban J connectivity index is 1.70. The summed E-state index contributed by atoms with van der Waals surface area (Å²) in [6, 6.07) is 12.2. The number of rotatable bonds is 2. The molecule has 3 heterocycles. The highest BCUT2D eigenvalue weighted by atomic mass is 32.2. The van der Waals surface area contributed by atoms with Crippen LogP contribution < -0.4 is 0 Å². The average molecular weight is 300 g/mol. The molecule has 1 saturated heterocycles. The van der Waals surface area contributed by atoms with E-state index in [0.717, 1.165) is 11.5 Å². The summed E-state index contributed by atoms with van der Waals surface area (Å²) >= 11 is 3.44. The van der Waals surface area contributed by atoms with Crippen LogP contribution in [0.25, 0.3) is 0 Å². The Bertz CT molecular complexity index is 694. The molecule has 20 heavy (non-hydrogen) atoms.